The maximum atomic E-state index is 12.3. The summed E-state index contributed by atoms with van der Waals surface area (Å²) in [5.41, 5.74) is 4.69. The van der Waals surface area contributed by atoms with Crippen LogP contribution in [-0.2, 0) is 6.42 Å². The molecule has 0 atom stereocenters. The van der Waals surface area contributed by atoms with Gasteiger partial charge in [0.05, 0.1) is 5.69 Å². The van der Waals surface area contributed by atoms with Gasteiger partial charge in [-0.3, -0.25) is 4.79 Å². The van der Waals surface area contributed by atoms with Crippen LogP contribution in [0.2, 0.25) is 0 Å². The van der Waals surface area contributed by atoms with Crippen molar-refractivity contribution in [2.45, 2.75) is 13.3 Å². The van der Waals surface area contributed by atoms with E-state index in [4.69, 9.17) is 0 Å². The Balaban J connectivity index is 1.44. The summed E-state index contributed by atoms with van der Waals surface area (Å²) in [4.78, 5) is 20.0. The molecule has 0 unspecified atom stereocenters. The molecule has 4 aromatic rings. The van der Waals surface area contributed by atoms with Crippen molar-refractivity contribution in [3.63, 3.8) is 0 Å². The van der Waals surface area contributed by atoms with Gasteiger partial charge in [0.25, 0.3) is 5.91 Å². The molecule has 1 amide bonds. The number of aromatic nitrogens is 3. The van der Waals surface area contributed by atoms with Crippen LogP contribution in [0.3, 0.4) is 0 Å². The molecule has 0 spiro atoms. The van der Waals surface area contributed by atoms with E-state index in [0.717, 1.165) is 23.3 Å². The molecule has 4 rings (SSSR count). The minimum Gasteiger partial charge on any atom is -0.361 e. The Hall–Kier alpha value is -3.08. The van der Waals surface area contributed by atoms with E-state index in [1.165, 1.54) is 10.9 Å². The molecule has 0 saturated heterocycles. The number of aryl methyl sites for hydroxylation is 1. The Morgan fingerprint density at radius 3 is 3.08 bits per heavy atom. The molecule has 24 heavy (non-hydrogen) atoms. The van der Waals surface area contributed by atoms with E-state index < -0.39 is 0 Å². The van der Waals surface area contributed by atoms with E-state index >= 15 is 0 Å². The average Bonchev–Trinajstić information content (AvgIpc) is 3.16. The molecule has 0 bridgehead atoms. The lowest BCUT2D eigenvalue weighted by molar-refractivity contribution is 0.0954. The maximum absolute atomic E-state index is 12.3. The summed E-state index contributed by atoms with van der Waals surface area (Å²) < 4.78 is 1.91. The smallest absolute Gasteiger partial charge is 0.251 e. The number of rotatable bonds is 4. The predicted molar refractivity (Wildman–Crippen MR) is 94.3 cm³/mol. The van der Waals surface area contributed by atoms with Crippen molar-refractivity contribution >= 4 is 22.5 Å². The molecule has 120 valence electrons. The van der Waals surface area contributed by atoms with Gasteiger partial charge >= 0.3 is 0 Å². The first kappa shape index (κ1) is 14.5. The van der Waals surface area contributed by atoms with E-state index in [1.807, 2.05) is 54.2 Å². The zero-order valence-electron chi connectivity index (χ0n) is 13.4. The Bertz CT molecular complexity index is 1030. The van der Waals surface area contributed by atoms with Gasteiger partial charge in [0, 0.05) is 41.6 Å². The quantitative estimate of drug-likeness (QED) is 0.607. The fourth-order valence-electron chi connectivity index (χ4n) is 3.00. The minimum atomic E-state index is -0.0713. The van der Waals surface area contributed by atoms with Crippen LogP contribution in [0.5, 0.6) is 0 Å². The zero-order chi connectivity index (χ0) is 16.5. The molecule has 3 heterocycles. The number of amides is 1. The molecule has 5 nitrogen and oxygen atoms in total. The predicted octanol–water partition coefficient (Wildman–Crippen LogP) is 3.10. The summed E-state index contributed by atoms with van der Waals surface area (Å²) in [5.74, 6) is -0.0713. The molecule has 0 aliphatic heterocycles. The first-order chi connectivity index (χ1) is 11.7. The van der Waals surface area contributed by atoms with Crippen molar-refractivity contribution in [2.24, 2.45) is 0 Å². The topological polar surface area (TPSA) is 62.2 Å². The third kappa shape index (κ3) is 2.65. The van der Waals surface area contributed by atoms with Crippen LogP contribution in [0.4, 0.5) is 0 Å². The molecule has 5 heteroatoms. The van der Waals surface area contributed by atoms with Gasteiger partial charge in [-0.1, -0.05) is 18.2 Å². The Kier molecular flexibility index (Phi) is 3.54. The van der Waals surface area contributed by atoms with Crippen LogP contribution in [0.15, 0.2) is 55.0 Å². The molecule has 0 aliphatic carbocycles. The molecule has 0 aliphatic rings. The van der Waals surface area contributed by atoms with E-state index in [1.54, 1.807) is 0 Å². The summed E-state index contributed by atoms with van der Waals surface area (Å²) in [6.45, 7) is 2.53. The third-order valence-electron chi connectivity index (χ3n) is 4.20. The molecule has 1 aromatic carbocycles. The number of nitrogens with zero attached hydrogens (tertiary/aromatic N) is 2. The number of pyridine rings is 1. The first-order valence-electron chi connectivity index (χ1n) is 7.99. The van der Waals surface area contributed by atoms with E-state index in [9.17, 15) is 4.79 Å². The molecule has 2 N–H and O–H groups in total. The highest BCUT2D eigenvalue weighted by Crippen LogP contribution is 2.17. The Labute approximate surface area is 139 Å². The van der Waals surface area contributed by atoms with Crippen LogP contribution in [0.25, 0.3) is 16.6 Å². The Morgan fingerprint density at radius 1 is 1.29 bits per heavy atom. The van der Waals surface area contributed by atoms with Gasteiger partial charge in [0.2, 0.25) is 0 Å². The highest BCUT2D eigenvalue weighted by Gasteiger charge is 2.08. The Morgan fingerprint density at radius 2 is 2.17 bits per heavy atom. The first-order valence-corrected chi connectivity index (χ1v) is 7.99. The number of imidazole rings is 1. The van der Waals surface area contributed by atoms with Crippen LogP contribution >= 0.6 is 0 Å². The van der Waals surface area contributed by atoms with Gasteiger partial charge in [0.1, 0.15) is 5.65 Å². The van der Waals surface area contributed by atoms with Crippen molar-refractivity contribution in [1.29, 1.82) is 0 Å². The van der Waals surface area contributed by atoms with Crippen LogP contribution in [0.1, 0.15) is 21.6 Å². The number of nitrogens with one attached hydrogen (secondary N) is 2. The summed E-state index contributed by atoms with van der Waals surface area (Å²) in [5, 5.41) is 4.19. The monoisotopic (exact) mass is 318 g/mol. The van der Waals surface area contributed by atoms with Gasteiger partial charge in [-0.2, -0.15) is 0 Å². The third-order valence-corrected chi connectivity index (χ3v) is 4.20. The maximum Gasteiger partial charge on any atom is 0.251 e. The number of aromatic amines is 1. The lowest BCUT2D eigenvalue weighted by Gasteiger charge is -2.05. The lowest BCUT2D eigenvalue weighted by atomic mass is 10.1. The fraction of sp³-hybridized carbons (Fsp3) is 0.158. The molecule has 0 saturated carbocycles. The van der Waals surface area contributed by atoms with E-state index in [0.29, 0.717) is 12.1 Å². The fourth-order valence-corrected chi connectivity index (χ4v) is 3.00. The second-order valence-corrected chi connectivity index (χ2v) is 5.93. The number of hydrogen-bond acceptors (Lipinski definition) is 2. The summed E-state index contributed by atoms with van der Waals surface area (Å²) in [6.07, 6.45) is 6.61. The number of H-pyrrole nitrogens is 1. The van der Waals surface area contributed by atoms with Crippen molar-refractivity contribution in [2.75, 3.05) is 6.54 Å². The van der Waals surface area contributed by atoms with Crippen molar-refractivity contribution < 1.29 is 4.79 Å². The van der Waals surface area contributed by atoms with Gasteiger partial charge < -0.3 is 14.7 Å². The number of carbonyl (C=O) groups is 1. The van der Waals surface area contributed by atoms with Crippen LogP contribution in [0, 0.1) is 6.92 Å². The van der Waals surface area contributed by atoms with Crippen LogP contribution < -0.4 is 5.32 Å². The number of hydrogen-bond donors (Lipinski definition) is 2. The normalized spacial score (nSPS) is 11.2. The zero-order valence-corrected chi connectivity index (χ0v) is 13.4. The summed E-state index contributed by atoms with van der Waals surface area (Å²) >= 11 is 0. The standard InChI is InChI=1S/C19H18N4O/c1-13-12-23-9-7-14(10-18(23)22-13)19(24)20-8-6-15-11-21-17-5-3-2-4-16(15)17/h2-5,7,9-12,21H,6,8H2,1H3,(H,20,24). The number of fused-ring (bicyclic) bond motifs is 2. The van der Waals surface area contributed by atoms with E-state index in [-0.39, 0.29) is 5.91 Å². The minimum absolute atomic E-state index is 0.0713. The molecule has 0 fully saturated rings. The second-order valence-electron chi connectivity index (χ2n) is 5.93. The highest BCUT2D eigenvalue weighted by atomic mass is 16.1. The van der Waals surface area contributed by atoms with Gasteiger partial charge in [-0.05, 0) is 37.1 Å². The van der Waals surface area contributed by atoms with Gasteiger partial charge in [0.15, 0.2) is 0 Å². The lowest BCUT2D eigenvalue weighted by Crippen LogP contribution is -2.25. The van der Waals surface area contributed by atoms with Crippen molar-refractivity contribution in [3.8, 4) is 0 Å². The van der Waals surface area contributed by atoms with Gasteiger partial charge in [-0.25, -0.2) is 4.98 Å². The van der Waals surface area contributed by atoms with Crippen LogP contribution in [-0.4, -0.2) is 26.8 Å². The number of carbonyl (C=O) groups excluding carboxylic acids is 1. The molecular weight excluding hydrogens is 300 g/mol. The number of benzene rings is 1. The molecular formula is C19H18N4O. The van der Waals surface area contributed by atoms with E-state index in [2.05, 4.69) is 27.4 Å². The molecule has 0 radical (unpaired) electrons. The van der Waals surface area contributed by atoms with Crippen molar-refractivity contribution in [1.82, 2.24) is 19.7 Å². The average molecular weight is 318 g/mol. The largest absolute Gasteiger partial charge is 0.361 e. The summed E-state index contributed by atoms with van der Waals surface area (Å²) in [6, 6.07) is 11.8. The molecule has 3 aromatic heterocycles. The second kappa shape index (κ2) is 5.85. The SMILES string of the molecule is Cc1cn2ccc(C(=O)NCCc3c[nH]c4ccccc34)cc2n1. The highest BCUT2D eigenvalue weighted by molar-refractivity contribution is 5.95. The summed E-state index contributed by atoms with van der Waals surface area (Å²) in [7, 11) is 0. The van der Waals surface area contributed by atoms with Crippen molar-refractivity contribution in [3.05, 3.63) is 71.8 Å². The van der Waals surface area contributed by atoms with Gasteiger partial charge in [-0.15, -0.1) is 0 Å². The number of para-hydroxylation sites is 1.